The lowest BCUT2D eigenvalue weighted by molar-refractivity contribution is -0.129. The summed E-state index contributed by atoms with van der Waals surface area (Å²) in [5.41, 5.74) is -0.982. The molecule has 27 heavy (non-hydrogen) atoms. The molecule has 0 heterocycles. The molecule has 0 fully saturated rings. The first-order chi connectivity index (χ1) is 12.6. The Bertz CT molecular complexity index is 552. The van der Waals surface area contributed by atoms with E-state index in [-0.39, 0.29) is 24.4 Å². The molecule has 0 aromatic carbocycles. The molecule has 4 nitrogen and oxygen atoms in total. The molecule has 0 aromatic heterocycles. The largest absolute Gasteiger partial charge is 0.512 e. The van der Waals surface area contributed by atoms with E-state index in [0.29, 0.717) is 12.8 Å². The highest BCUT2D eigenvalue weighted by Gasteiger charge is 2.34. The summed E-state index contributed by atoms with van der Waals surface area (Å²) in [6, 6.07) is 0. The third-order valence-corrected chi connectivity index (χ3v) is 4.92. The van der Waals surface area contributed by atoms with Gasteiger partial charge in [0.15, 0.2) is 6.29 Å². The van der Waals surface area contributed by atoms with Gasteiger partial charge in [-0.25, -0.2) is 0 Å². The van der Waals surface area contributed by atoms with Crippen LogP contribution in [-0.4, -0.2) is 39.2 Å². The van der Waals surface area contributed by atoms with Gasteiger partial charge < -0.3 is 15.3 Å². The molecule has 0 unspecified atom stereocenters. The fourth-order valence-corrected chi connectivity index (χ4v) is 3.20. The Morgan fingerprint density at radius 3 is 2.56 bits per heavy atom. The second-order valence-electron chi connectivity index (χ2n) is 7.57. The summed E-state index contributed by atoms with van der Waals surface area (Å²) in [6.07, 6.45) is 10.3. The summed E-state index contributed by atoms with van der Waals surface area (Å²) in [7, 11) is 0. The summed E-state index contributed by atoms with van der Waals surface area (Å²) in [5.74, 6) is -4.02. The summed E-state index contributed by atoms with van der Waals surface area (Å²) in [6.45, 7) is 3.80. The molecule has 1 rings (SSSR count). The van der Waals surface area contributed by atoms with Gasteiger partial charge in [0.1, 0.15) is 0 Å². The summed E-state index contributed by atoms with van der Waals surface area (Å²) in [4.78, 5) is 10.2. The van der Waals surface area contributed by atoms with Crippen LogP contribution in [0.4, 0.5) is 8.78 Å². The molecule has 0 amide bonds. The highest BCUT2D eigenvalue weighted by molar-refractivity contribution is 5.59. The van der Waals surface area contributed by atoms with Gasteiger partial charge in [0.05, 0.1) is 17.5 Å². The van der Waals surface area contributed by atoms with Gasteiger partial charge in [-0.3, -0.25) is 4.79 Å². The van der Waals surface area contributed by atoms with E-state index in [0.717, 1.165) is 19.3 Å². The molecule has 0 saturated heterocycles. The number of rotatable bonds is 12. The number of alkyl halides is 2. The van der Waals surface area contributed by atoms with Crippen LogP contribution in [0.3, 0.4) is 0 Å². The monoisotopic (exact) mass is 386 g/mol. The molecule has 0 spiro atoms. The Balaban J connectivity index is 2.62. The van der Waals surface area contributed by atoms with Gasteiger partial charge in [-0.05, 0) is 32.3 Å². The zero-order chi connectivity index (χ0) is 20.5. The zero-order valence-corrected chi connectivity index (χ0v) is 16.2. The van der Waals surface area contributed by atoms with Crippen molar-refractivity contribution in [3.8, 4) is 0 Å². The van der Waals surface area contributed by atoms with Gasteiger partial charge in [-0.1, -0.05) is 50.5 Å². The van der Waals surface area contributed by atoms with Gasteiger partial charge in [0.25, 0.3) is 0 Å². The van der Waals surface area contributed by atoms with Gasteiger partial charge in [0, 0.05) is 18.3 Å². The van der Waals surface area contributed by atoms with Crippen LogP contribution in [0.2, 0.25) is 0 Å². The fraction of sp³-hybridized carbons (Fsp3) is 0.667. The Hall–Kier alpha value is -1.53. The maximum absolute atomic E-state index is 12.9. The molecule has 0 aliphatic heterocycles. The number of halogens is 2. The standard InChI is InChI=1S/C21H32F2O4/c1-3-4-7-11-20(2,27)13-10-17-16(18(25)14-19(17)26)9-6-5-8-12-21(22,23)15-24/h5-6,10,13-18,25-27H,3-4,7-9,11-12H2,1-2H3/b6-5-,13-10+/t16-,17-,18+,20+/m1/s1. The van der Waals surface area contributed by atoms with E-state index in [1.54, 1.807) is 31.2 Å². The van der Waals surface area contributed by atoms with Crippen LogP contribution in [-0.2, 0) is 4.79 Å². The predicted octanol–water partition coefficient (Wildman–Crippen LogP) is 4.48. The number of carbonyl (C=O) groups is 1. The van der Waals surface area contributed by atoms with Gasteiger partial charge in [0.2, 0.25) is 0 Å². The van der Waals surface area contributed by atoms with E-state index in [4.69, 9.17) is 0 Å². The highest BCUT2D eigenvalue weighted by atomic mass is 19.3. The number of hydrogen-bond acceptors (Lipinski definition) is 4. The van der Waals surface area contributed by atoms with Gasteiger partial charge in [-0.2, -0.15) is 8.78 Å². The van der Waals surface area contributed by atoms with Crippen molar-refractivity contribution < 1.29 is 28.9 Å². The molecule has 0 bridgehead atoms. The van der Waals surface area contributed by atoms with Crippen molar-refractivity contribution in [3.63, 3.8) is 0 Å². The van der Waals surface area contributed by atoms with E-state index >= 15 is 0 Å². The van der Waals surface area contributed by atoms with Crippen molar-refractivity contribution in [1.82, 2.24) is 0 Å². The van der Waals surface area contributed by atoms with Crippen molar-refractivity contribution in [3.05, 3.63) is 36.1 Å². The summed E-state index contributed by atoms with van der Waals surface area (Å²) in [5, 5.41) is 30.6. The topological polar surface area (TPSA) is 77.8 Å². The Morgan fingerprint density at radius 2 is 1.93 bits per heavy atom. The molecular formula is C21H32F2O4. The van der Waals surface area contributed by atoms with Crippen LogP contribution in [0.25, 0.3) is 0 Å². The Kier molecular flexibility index (Phi) is 9.33. The van der Waals surface area contributed by atoms with Crippen molar-refractivity contribution in [2.24, 2.45) is 11.8 Å². The number of aliphatic hydroxyl groups is 3. The number of carbonyl (C=O) groups excluding carboxylic acids is 1. The molecule has 4 atom stereocenters. The molecule has 0 saturated carbocycles. The number of aldehydes is 1. The highest BCUT2D eigenvalue weighted by Crippen LogP contribution is 2.35. The maximum atomic E-state index is 12.9. The molecule has 0 aromatic rings. The normalized spacial score (nSPS) is 25.9. The molecule has 154 valence electrons. The van der Waals surface area contributed by atoms with Crippen molar-refractivity contribution in [2.75, 3.05) is 0 Å². The van der Waals surface area contributed by atoms with Crippen LogP contribution in [0.5, 0.6) is 0 Å². The zero-order valence-electron chi connectivity index (χ0n) is 16.2. The number of unbranched alkanes of at least 4 members (excludes halogenated alkanes) is 2. The first kappa shape index (κ1) is 23.5. The summed E-state index contributed by atoms with van der Waals surface area (Å²) < 4.78 is 25.7. The third-order valence-electron chi connectivity index (χ3n) is 4.92. The molecule has 1 aliphatic carbocycles. The maximum Gasteiger partial charge on any atom is 0.302 e. The van der Waals surface area contributed by atoms with E-state index in [1.807, 2.05) is 0 Å². The molecule has 6 heteroatoms. The smallest absolute Gasteiger partial charge is 0.302 e. The molecular weight excluding hydrogens is 354 g/mol. The van der Waals surface area contributed by atoms with E-state index in [2.05, 4.69) is 6.92 Å². The molecule has 3 N–H and O–H groups in total. The Labute approximate surface area is 160 Å². The lowest BCUT2D eigenvalue weighted by Crippen LogP contribution is -2.23. The second-order valence-corrected chi connectivity index (χ2v) is 7.57. The van der Waals surface area contributed by atoms with Crippen LogP contribution in [0.15, 0.2) is 36.1 Å². The van der Waals surface area contributed by atoms with Crippen LogP contribution in [0, 0.1) is 11.8 Å². The molecule has 0 radical (unpaired) electrons. The first-order valence-corrected chi connectivity index (χ1v) is 9.61. The molecule has 1 aliphatic rings. The van der Waals surface area contributed by atoms with Crippen LogP contribution < -0.4 is 0 Å². The van der Waals surface area contributed by atoms with Gasteiger partial charge >= 0.3 is 5.92 Å². The third kappa shape index (κ3) is 8.35. The quantitative estimate of drug-likeness (QED) is 0.262. The predicted molar refractivity (Wildman–Crippen MR) is 102 cm³/mol. The van der Waals surface area contributed by atoms with E-state index in [9.17, 15) is 28.9 Å². The van der Waals surface area contributed by atoms with Gasteiger partial charge in [-0.15, -0.1) is 0 Å². The van der Waals surface area contributed by atoms with Crippen molar-refractivity contribution in [1.29, 1.82) is 0 Å². The number of allylic oxidation sites excluding steroid dienone is 3. The Morgan fingerprint density at radius 1 is 1.22 bits per heavy atom. The number of hydrogen-bond donors (Lipinski definition) is 3. The average Bonchev–Trinajstić information content (AvgIpc) is 2.86. The lowest BCUT2D eigenvalue weighted by Gasteiger charge is -2.22. The average molecular weight is 386 g/mol. The second kappa shape index (κ2) is 10.7. The number of aliphatic hydroxyl groups excluding tert-OH is 2. The minimum atomic E-state index is -3.31. The minimum Gasteiger partial charge on any atom is -0.512 e. The van der Waals surface area contributed by atoms with Crippen molar-refractivity contribution in [2.45, 2.75) is 76.4 Å². The fourth-order valence-electron chi connectivity index (χ4n) is 3.20. The van der Waals surface area contributed by atoms with E-state index < -0.39 is 30.0 Å². The summed E-state index contributed by atoms with van der Waals surface area (Å²) >= 11 is 0. The van der Waals surface area contributed by atoms with Crippen molar-refractivity contribution >= 4 is 6.29 Å². The first-order valence-electron chi connectivity index (χ1n) is 9.61. The SMILES string of the molecule is CCCCC[C@](C)(O)/C=C/[C@H]1C(O)=C[C@H](O)[C@@H]1C/C=C\CCC(F)(F)C=O. The van der Waals surface area contributed by atoms with E-state index in [1.165, 1.54) is 6.08 Å². The van der Waals surface area contributed by atoms with Crippen LogP contribution >= 0.6 is 0 Å². The lowest BCUT2D eigenvalue weighted by atomic mass is 9.87. The minimum absolute atomic E-state index is 0.0500. The van der Waals surface area contributed by atoms with Crippen LogP contribution in [0.1, 0.15) is 58.8 Å².